The zero-order valence-electron chi connectivity index (χ0n) is 12.9. The normalized spacial score (nSPS) is 15.1. The highest BCUT2D eigenvalue weighted by atomic mass is 35.5. The van der Waals surface area contributed by atoms with Crippen molar-refractivity contribution in [2.45, 2.75) is 0 Å². The van der Waals surface area contributed by atoms with E-state index in [4.69, 9.17) is 11.6 Å². The molecule has 1 fully saturated rings. The lowest BCUT2D eigenvalue weighted by Gasteiger charge is -2.36. The van der Waals surface area contributed by atoms with Crippen LogP contribution in [-0.2, 0) is 0 Å². The molecule has 3 heterocycles. The summed E-state index contributed by atoms with van der Waals surface area (Å²) in [5, 5.41) is 1.39. The molecule has 4 rings (SSSR count). The lowest BCUT2D eigenvalue weighted by Crippen LogP contribution is -2.47. The highest BCUT2D eigenvalue weighted by Crippen LogP contribution is 2.27. The first-order valence-electron chi connectivity index (χ1n) is 7.73. The predicted octanol–water partition coefficient (Wildman–Crippen LogP) is 3.14. The molecule has 7 heteroatoms. The van der Waals surface area contributed by atoms with Crippen LogP contribution in [0.3, 0.4) is 0 Å². The molecule has 3 aromatic rings. The van der Waals surface area contributed by atoms with E-state index in [1.54, 1.807) is 12.3 Å². The third-order valence-corrected chi connectivity index (χ3v) is 4.51. The van der Waals surface area contributed by atoms with Gasteiger partial charge in [-0.2, -0.15) is 0 Å². The van der Waals surface area contributed by atoms with Crippen LogP contribution in [-0.4, -0.2) is 41.1 Å². The van der Waals surface area contributed by atoms with E-state index in [9.17, 15) is 4.39 Å². The second-order valence-electron chi connectivity index (χ2n) is 5.62. The fourth-order valence-corrected chi connectivity index (χ4v) is 3.27. The molecule has 1 aromatic carbocycles. The van der Waals surface area contributed by atoms with Crippen molar-refractivity contribution in [1.29, 1.82) is 0 Å². The molecule has 1 aliphatic heterocycles. The van der Waals surface area contributed by atoms with Crippen LogP contribution in [0, 0.1) is 5.82 Å². The van der Waals surface area contributed by atoms with E-state index in [0.717, 1.165) is 43.2 Å². The SMILES string of the molecule is Fc1cccc2c(N3CCN(c4ncccc4Cl)CC3)ncnc12. The summed E-state index contributed by atoms with van der Waals surface area (Å²) in [5.74, 6) is 1.25. The number of anilines is 2. The van der Waals surface area contributed by atoms with Crippen molar-refractivity contribution in [3.05, 3.63) is 53.7 Å². The number of aromatic nitrogens is 3. The van der Waals surface area contributed by atoms with Gasteiger partial charge in [-0.3, -0.25) is 0 Å². The highest BCUT2D eigenvalue weighted by Gasteiger charge is 2.22. The number of pyridine rings is 1. The molecule has 0 radical (unpaired) electrons. The molecule has 0 N–H and O–H groups in total. The van der Waals surface area contributed by atoms with E-state index in [-0.39, 0.29) is 5.82 Å². The minimum atomic E-state index is -0.324. The first-order chi connectivity index (χ1) is 11.7. The van der Waals surface area contributed by atoms with Gasteiger partial charge in [-0.1, -0.05) is 17.7 Å². The summed E-state index contributed by atoms with van der Waals surface area (Å²) >= 11 is 6.23. The zero-order chi connectivity index (χ0) is 16.5. The minimum absolute atomic E-state index is 0.324. The Morgan fingerprint density at radius 2 is 1.62 bits per heavy atom. The lowest BCUT2D eigenvalue weighted by molar-refractivity contribution is 0.633. The summed E-state index contributed by atoms with van der Waals surface area (Å²) < 4.78 is 13.9. The average Bonchev–Trinajstić information content (AvgIpc) is 2.62. The number of halogens is 2. The summed E-state index contributed by atoms with van der Waals surface area (Å²) in [5.41, 5.74) is 0.359. The molecule has 0 amide bonds. The van der Waals surface area contributed by atoms with Gasteiger partial charge in [0.05, 0.1) is 5.02 Å². The van der Waals surface area contributed by atoms with E-state index in [2.05, 4.69) is 24.8 Å². The topological polar surface area (TPSA) is 45.2 Å². The second-order valence-corrected chi connectivity index (χ2v) is 6.02. The Balaban J connectivity index is 1.59. The fourth-order valence-electron chi connectivity index (χ4n) is 3.03. The Hall–Kier alpha value is -2.47. The molecule has 0 bridgehead atoms. The van der Waals surface area contributed by atoms with Crippen LogP contribution in [0.5, 0.6) is 0 Å². The number of hydrogen-bond acceptors (Lipinski definition) is 5. The van der Waals surface area contributed by atoms with Crippen LogP contribution in [0.15, 0.2) is 42.9 Å². The van der Waals surface area contributed by atoms with Gasteiger partial charge in [0.2, 0.25) is 0 Å². The molecule has 24 heavy (non-hydrogen) atoms. The van der Waals surface area contributed by atoms with Crippen molar-refractivity contribution in [3.8, 4) is 0 Å². The molecule has 0 aliphatic carbocycles. The first-order valence-corrected chi connectivity index (χ1v) is 8.11. The van der Waals surface area contributed by atoms with Crippen LogP contribution < -0.4 is 9.80 Å². The summed E-state index contributed by atoms with van der Waals surface area (Å²) in [7, 11) is 0. The van der Waals surface area contributed by atoms with Crippen LogP contribution >= 0.6 is 11.6 Å². The lowest BCUT2D eigenvalue weighted by atomic mass is 10.2. The van der Waals surface area contributed by atoms with Gasteiger partial charge in [0.25, 0.3) is 0 Å². The quantitative estimate of drug-likeness (QED) is 0.715. The largest absolute Gasteiger partial charge is 0.352 e. The van der Waals surface area contributed by atoms with E-state index >= 15 is 0 Å². The van der Waals surface area contributed by atoms with Gasteiger partial charge >= 0.3 is 0 Å². The number of rotatable bonds is 2. The van der Waals surface area contributed by atoms with E-state index in [1.807, 2.05) is 18.2 Å². The van der Waals surface area contributed by atoms with Crippen molar-refractivity contribution >= 4 is 34.1 Å². The number of fused-ring (bicyclic) bond motifs is 1. The van der Waals surface area contributed by atoms with Crippen LogP contribution in [0.4, 0.5) is 16.0 Å². The van der Waals surface area contributed by atoms with Crippen LogP contribution in [0.1, 0.15) is 0 Å². The van der Waals surface area contributed by atoms with E-state index in [0.29, 0.717) is 10.5 Å². The van der Waals surface area contributed by atoms with Crippen molar-refractivity contribution in [2.24, 2.45) is 0 Å². The van der Waals surface area contributed by atoms with E-state index in [1.165, 1.54) is 12.4 Å². The zero-order valence-corrected chi connectivity index (χ0v) is 13.6. The average molecular weight is 344 g/mol. The van der Waals surface area contributed by atoms with Crippen molar-refractivity contribution in [3.63, 3.8) is 0 Å². The summed E-state index contributed by atoms with van der Waals surface area (Å²) in [4.78, 5) is 17.1. The van der Waals surface area contributed by atoms with Gasteiger partial charge in [0.15, 0.2) is 0 Å². The van der Waals surface area contributed by atoms with Gasteiger partial charge in [-0.25, -0.2) is 19.3 Å². The maximum atomic E-state index is 13.9. The summed E-state index contributed by atoms with van der Waals surface area (Å²) in [6.07, 6.45) is 3.16. The number of benzene rings is 1. The summed E-state index contributed by atoms with van der Waals surface area (Å²) in [6, 6.07) is 8.63. The Morgan fingerprint density at radius 1 is 0.875 bits per heavy atom. The van der Waals surface area contributed by atoms with Crippen molar-refractivity contribution in [1.82, 2.24) is 15.0 Å². The molecular weight excluding hydrogens is 329 g/mol. The van der Waals surface area contributed by atoms with Crippen molar-refractivity contribution < 1.29 is 4.39 Å². The first kappa shape index (κ1) is 15.1. The molecule has 1 aliphatic rings. The smallest absolute Gasteiger partial charge is 0.149 e. The maximum absolute atomic E-state index is 13.9. The molecular formula is C17H15ClFN5. The standard InChI is InChI=1S/C17H15ClFN5/c18-13-4-2-6-20-17(13)24-9-7-23(8-10-24)16-12-3-1-5-14(19)15(12)21-11-22-16/h1-6,11H,7-10H2. The molecule has 2 aromatic heterocycles. The van der Waals surface area contributed by atoms with Crippen LogP contribution in [0.2, 0.25) is 5.02 Å². The predicted molar refractivity (Wildman–Crippen MR) is 93.2 cm³/mol. The number of nitrogens with zero attached hydrogens (tertiary/aromatic N) is 5. The molecule has 1 saturated heterocycles. The number of para-hydroxylation sites is 1. The summed E-state index contributed by atoms with van der Waals surface area (Å²) in [6.45, 7) is 3.07. The minimum Gasteiger partial charge on any atom is -0.352 e. The monoisotopic (exact) mass is 343 g/mol. The fraction of sp³-hybridized carbons (Fsp3) is 0.235. The molecule has 0 unspecified atom stereocenters. The third kappa shape index (κ3) is 2.63. The highest BCUT2D eigenvalue weighted by molar-refractivity contribution is 6.32. The molecule has 5 nitrogen and oxygen atoms in total. The Morgan fingerprint density at radius 3 is 2.38 bits per heavy atom. The second kappa shape index (κ2) is 6.20. The van der Waals surface area contributed by atoms with Gasteiger partial charge < -0.3 is 9.80 Å². The molecule has 0 atom stereocenters. The van der Waals surface area contributed by atoms with Gasteiger partial charge in [0.1, 0.15) is 29.3 Å². The Bertz CT molecular complexity index is 880. The molecule has 122 valence electrons. The Labute approximate surface area is 143 Å². The number of hydrogen-bond donors (Lipinski definition) is 0. The van der Waals surface area contributed by atoms with E-state index < -0.39 is 0 Å². The van der Waals surface area contributed by atoms with Gasteiger partial charge in [0, 0.05) is 37.8 Å². The third-order valence-electron chi connectivity index (χ3n) is 4.21. The Kier molecular flexibility index (Phi) is 3.90. The van der Waals surface area contributed by atoms with Crippen LogP contribution in [0.25, 0.3) is 10.9 Å². The molecule has 0 saturated carbocycles. The number of piperazine rings is 1. The van der Waals surface area contributed by atoms with Gasteiger partial charge in [-0.05, 0) is 24.3 Å². The van der Waals surface area contributed by atoms with Crippen molar-refractivity contribution in [2.75, 3.05) is 36.0 Å². The van der Waals surface area contributed by atoms with Gasteiger partial charge in [-0.15, -0.1) is 0 Å². The molecule has 0 spiro atoms. The maximum Gasteiger partial charge on any atom is 0.149 e.